The van der Waals surface area contributed by atoms with Gasteiger partial charge in [0.25, 0.3) is 5.91 Å². The third kappa shape index (κ3) is 6.88. The summed E-state index contributed by atoms with van der Waals surface area (Å²) in [5.41, 5.74) is -2.84. The van der Waals surface area contributed by atoms with E-state index in [1.54, 1.807) is 4.90 Å². The predicted molar refractivity (Wildman–Crippen MR) is 141 cm³/mol. The fourth-order valence-electron chi connectivity index (χ4n) is 5.33. The van der Waals surface area contributed by atoms with Crippen LogP contribution in [0.1, 0.15) is 58.6 Å². The molecule has 1 aliphatic carbocycles. The minimum Gasteiger partial charge on any atom is -0.490 e. The zero-order chi connectivity index (χ0) is 31.1. The second-order valence-electron chi connectivity index (χ2n) is 11.1. The van der Waals surface area contributed by atoms with Crippen LogP contribution in [-0.4, -0.2) is 73.5 Å². The largest absolute Gasteiger partial charge is 0.490 e. The summed E-state index contributed by atoms with van der Waals surface area (Å²) in [6.45, 7) is -0.647. The van der Waals surface area contributed by atoms with Gasteiger partial charge in [0.05, 0.1) is 29.9 Å². The standard InChI is InChI=1S/C29H29ClF6N2O5/c1-41-27(40)23-13-42-15-38(23)26(39)20-10-19(16-2-3-16)24(11-22(20)31)43-14-28(33)4-6-37(7-5-28)12-17-8-18(29(34,35)36)9-21(30)25(17)32/h8-11,16,23H,2-7,12-15H2,1H3/t23-/m0/s1. The first-order chi connectivity index (χ1) is 20.3. The number of nitrogens with zero attached hydrogens (tertiary/aromatic N) is 2. The van der Waals surface area contributed by atoms with Gasteiger partial charge in [-0.25, -0.2) is 18.0 Å². The van der Waals surface area contributed by atoms with E-state index < -0.39 is 58.6 Å². The molecule has 1 saturated carbocycles. The van der Waals surface area contributed by atoms with Gasteiger partial charge >= 0.3 is 12.1 Å². The van der Waals surface area contributed by atoms with E-state index >= 15 is 8.78 Å². The Morgan fingerprint density at radius 1 is 1.12 bits per heavy atom. The third-order valence-corrected chi connectivity index (χ3v) is 8.30. The lowest BCUT2D eigenvalue weighted by molar-refractivity contribution is -0.144. The molecule has 2 aliphatic heterocycles. The maximum Gasteiger partial charge on any atom is 0.416 e. The zero-order valence-electron chi connectivity index (χ0n) is 23.1. The fourth-order valence-corrected chi connectivity index (χ4v) is 5.57. The third-order valence-electron chi connectivity index (χ3n) is 8.03. The number of rotatable bonds is 8. The molecule has 2 aromatic carbocycles. The number of carbonyl (C=O) groups is 2. The van der Waals surface area contributed by atoms with Crippen molar-refractivity contribution in [3.05, 3.63) is 63.2 Å². The number of benzene rings is 2. The first-order valence-electron chi connectivity index (χ1n) is 13.7. The number of carbonyl (C=O) groups excluding carboxylic acids is 2. The summed E-state index contributed by atoms with van der Waals surface area (Å²) in [5.74, 6) is -3.17. The van der Waals surface area contributed by atoms with Crippen LogP contribution in [0.2, 0.25) is 5.02 Å². The number of esters is 1. The Kier molecular flexibility index (Phi) is 8.88. The number of halogens is 7. The molecule has 5 rings (SSSR count). The number of amides is 1. The second-order valence-corrected chi connectivity index (χ2v) is 11.5. The van der Waals surface area contributed by atoms with Crippen molar-refractivity contribution in [1.82, 2.24) is 9.80 Å². The van der Waals surface area contributed by atoms with Crippen LogP contribution in [0.4, 0.5) is 26.3 Å². The van der Waals surface area contributed by atoms with Crippen LogP contribution in [0.15, 0.2) is 24.3 Å². The molecule has 0 spiro atoms. The number of likely N-dealkylation sites (tertiary alicyclic amines) is 1. The Morgan fingerprint density at radius 3 is 2.44 bits per heavy atom. The number of methoxy groups -OCH3 is 1. The van der Waals surface area contributed by atoms with Crippen molar-refractivity contribution in [2.75, 3.05) is 40.1 Å². The SMILES string of the molecule is COC(=O)[C@@H]1COCN1C(=O)c1cc(C2CC2)c(OCC2(F)CCN(Cc3cc(C(F)(F)F)cc(Cl)c3F)CC2)cc1F. The number of piperidine rings is 1. The van der Waals surface area contributed by atoms with E-state index in [9.17, 15) is 27.2 Å². The minimum absolute atomic E-state index is 0.0000250. The lowest BCUT2D eigenvalue weighted by atomic mass is 9.93. The van der Waals surface area contributed by atoms with E-state index in [0.717, 1.165) is 23.8 Å². The summed E-state index contributed by atoms with van der Waals surface area (Å²) in [5, 5.41) is -0.640. The van der Waals surface area contributed by atoms with Crippen LogP contribution in [0.3, 0.4) is 0 Å². The Bertz CT molecular complexity index is 1390. The molecule has 0 bridgehead atoms. The van der Waals surface area contributed by atoms with E-state index in [0.29, 0.717) is 17.7 Å². The predicted octanol–water partition coefficient (Wildman–Crippen LogP) is 5.87. The maximum atomic E-state index is 15.7. The highest BCUT2D eigenvalue weighted by Gasteiger charge is 2.40. The molecule has 1 atom stereocenters. The molecule has 234 valence electrons. The highest BCUT2D eigenvalue weighted by Crippen LogP contribution is 2.46. The molecule has 1 amide bonds. The summed E-state index contributed by atoms with van der Waals surface area (Å²) in [7, 11) is 1.18. The van der Waals surface area contributed by atoms with E-state index in [-0.39, 0.29) is 68.6 Å². The summed E-state index contributed by atoms with van der Waals surface area (Å²) in [6.07, 6.45) is -3.25. The molecule has 14 heteroatoms. The van der Waals surface area contributed by atoms with Gasteiger partial charge in [0, 0.05) is 31.3 Å². The quantitative estimate of drug-likeness (QED) is 0.267. The van der Waals surface area contributed by atoms with Gasteiger partial charge in [0.2, 0.25) is 0 Å². The smallest absolute Gasteiger partial charge is 0.416 e. The molecule has 0 aromatic heterocycles. The van der Waals surface area contributed by atoms with Gasteiger partial charge in [0.1, 0.15) is 36.4 Å². The summed E-state index contributed by atoms with van der Waals surface area (Å²) < 4.78 is 101. The fraction of sp³-hybridized carbons (Fsp3) is 0.517. The monoisotopic (exact) mass is 634 g/mol. The molecule has 3 aliphatic rings. The van der Waals surface area contributed by atoms with Gasteiger partial charge in [-0.15, -0.1) is 0 Å². The molecular formula is C29H29ClF6N2O5. The summed E-state index contributed by atoms with van der Waals surface area (Å²) in [6, 6.07) is 2.65. The first-order valence-corrected chi connectivity index (χ1v) is 14.1. The molecule has 2 aromatic rings. The first kappa shape index (κ1) is 31.4. The molecular weight excluding hydrogens is 606 g/mol. The zero-order valence-corrected chi connectivity index (χ0v) is 23.9. The average molecular weight is 635 g/mol. The van der Waals surface area contributed by atoms with Gasteiger partial charge in [-0.1, -0.05) is 11.6 Å². The van der Waals surface area contributed by atoms with Crippen LogP contribution in [0.5, 0.6) is 5.75 Å². The lowest BCUT2D eigenvalue weighted by Gasteiger charge is -2.36. The summed E-state index contributed by atoms with van der Waals surface area (Å²) >= 11 is 5.68. The van der Waals surface area contributed by atoms with Gasteiger partial charge in [0.15, 0.2) is 6.04 Å². The number of alkyl halides is 4. The van der Waals surface area contributed by atoms with Crippen LogP contribution >= 0.6 is 11.6 Å². The molecule has 2 saturated heterocycles. The van der Waals surface area contributed by atoms with Crippen molar-refractivity contribution >= 4 is 23.5 Å². The second kappa shape index (κ2) is 12.2. The van der Waals surface area contributed by atoms with E-state index in [2.05, 4.69) is 0 Å². The van der Waals surface area contributed by atoms with Gasteiger partial charge in [-0.2, -0.15) is 13.2 Å². The van der Waals surface area contributed by atoms with E-state index in [1.807, 2.05) is 0 Å². The van der Waals surface area contributed by atoms with Gasteiger partial charge < -0.3 is 14.2 Å². The average Bonchev–Trinajstić information content (AvgIpc) is 3.69. The normalized spacial score (nSPS) is 20.7. The number of ether oxygens (including phenoxy) is 3. The molecule has 0 unspecified atom stereocenters. The molecule has 2 heterocycles. The number of hydrogen-bond donors (Lipinski definition) is 0. The molecule has 3 fully saturated rings. The molecule has 0 N–H and O–H groups in total. The van der Waals surface area contributed by atoms with Crippen LogP contribution in [0.25, 0.3) is 0 Å². The minimum atomic E-state index is -4.70. The highest BCUT2D eigenvalue weighted by molar-refractivity contribution is 6.30. The van der Waals surface area contributed by atoms with Gasteiger partial charge in [-0.05, 0) is 55.4 Å². The van der Waals surface area contributed by atoms with Crippen molar-refractivity contribution in [2.45, 2.75) is 56.0 Å². The molecule has 43 heavy (non-hydrogen) atoms. The Labute approximate surface area is 248 Å². The van der Waals surface area contributed by atoms with Crippen LogP contribution < -0.4 is 4.74 Å². The van der Waals surface area contributed by atoms with Crippen molar-refractivity contribution in [3.8, 4) is 5.75 Å². The van der Waals surface area contributed by atoms with Crippen molar-refractivity contribution in [3.63, 3.8) is 0 Å². The van der Waals surface area contributed by atoms with Gasteiger partial charge in [-0.3, -0.25) is 14.6 Å². The van der Waals surface area contributed by atoms with Crippen molar-refractivity contribution in [1.29, 1.82) is 0 Å². The Morgan fingerprint density at radius 2 is 1.81 bits per heavy atom. The lowest BCUT2D eigenvalue weighted by Crippen LogP contribution is -2.44. The Hall–Kier alpha value is -3.03. The van der Waals surface area contributed by atoms with E-state index in [4.69, 9.17) is 25.8 Å². The number of hydrogen-bond acceptors (Lipinski definition) is 6. The highest BCUT2D eigenvalue weighted by atomic mass is 35.5. The van der Waals surface area contributed by atoms with Crippen LogP contribution in [0, 0.1) is 11.6 Å². The Balaban J connectivity index is 1.24. The van der Waals surface area contributed by atoms with Crippen molar-refractivity contribution in [2.24, 2.45) is 0 Å². The topological polar surface area (TPSA) is 68.3 Å². The van der Waals surface area contributed by atoms with Crippen molar-refractivity contribution < 1.29 is 50.1 Å². The van der Waals surface area contributed by atoms with Crippen LogP contribution in [-0.2, 0) is 27.0 Å². The molecule has 7 nitrogen and oxygen atoms in total. The van der Waals surface area contributed by atoms with E-state index in [1.165, 1.54) is 13.2 Å². The molecule has 0 radical (unpaired) electrons. The maximum absolute atomic E-state index is 15.7. The summed E-state index contributed by atoms with van der Waals surface area (Å²) in [4.78, 5) is 27.9.